The first kappa shape index (κ1) is 33.1. The van der Waals surface area contributed by atoms with Gasteiger partial charge in [0.15, 0.2) is 11.4 Å². The Kier molecular flexibility index (Phi) is 10.6. The van der Waals surface area contributed by atoms with Crippen molar-refractivity contribution in [2.45, 2.75) is 31.4 Å². The predicted octanol–water partition coefficient (Wildman–Crippen LogP) is 5.59. The van der Waals surface area contributed by atoms with Crippen molar-refractivity contribution in [2.24, 2.45) is 0 Å². The molecular weight excluding hydrogens is 582 g/mol. The number of carbonyl (C=O) groups excluding carboxylic acids is 4. The van der Waals surface area contributed by atoms with Crippen LogP contribution in [0.1, 0.15) is 18.1 Å². The monoisotopic (exact) mass is 600 g/mol. The molecule has 0 aromatic heterocycles. The molecule has 0 unspecified atom stereocenters. The maximum absolute atomic E-state index is 12.9. The third-order valence-corrected chi connectivity index (χ3v) is 5.63. The first-order chi connectivity index (χ1) is 19.6. The minimum Gasteiger partial charge on any atom is -0.447 e. The Morgan fingerprint density at radius 2 is 1.26 bits per heavy atom. The van der Waals surface area contributed by atoms with Crippen molar-refractivity contribution in [1.82, 2.24) is 0 Å². The van der Waals surface area contributed by atoms with Crippen molar-refractivity contribution in [2.75, 3.05) is 29.6 Å². The molecule has 2 aromatic carbocycles. The summed E-state index contributed by atoms with van der Waals surface area (Å²) in [6.45, 7) is 14.8. The zero-order valence-electron chi connectivity index (χ0n) is 21.2. The fraction of sp³-hybridized carbons (Fsp3) is 0.320. The van der Waals surface area contributed by atoms with Crippen LogP contribution in [-0.2, 0) is 31.4 Å². The molecular formula is C25H18F6N4O7. The molecule has 222 valence electrons. The highest BCUT2D eigenvalue weighted by Crippen LogP contribution is 2.40. The second kappa shape index (κ2) is 13.5. The number of nitrogens with zero attached hydrogens (tertiary/aromatic N) is 4. The summed E-state index contributed by atoms with van der Waals surface area (Å²) in [4.78, 5) is 47.0. The first-order valence-electron chi connectivity index (χ1n) is 11.3. The van der Waals surface area contributed by atoms with Crippen LogP contribution in [-0.4, -0.2) is 55.3 Å². The van der Waals surface area contributed by atoms with Crippen molar-refractivity contribution < 1.29 is 60.1 Å². The maximum atomic E-state index is 12.9. The van der Waals surface area contributed by atoms with Crippen LogP contribution in [0.5, 0.6) is 0 Å². The van der Waals surface area contributed by atoms with Gasteiger partial charge in [-0.1, -0.05) is 12.1 Å². The number of hydrogen-bond acceptors (Lipinski definition) is 7. The van der Waals surface area contributed by atoms with E-state index in [2.05, 4.69) is 9.69 Å². The fourth-order valence-corrected chi connectivity index (χ4v) is 3.78. The summed E-state index contributed by atoms with van der Waals surface area (Å²) in [6, 6.07) is 5.02. The van der Waals surface area contributed by atoms with Crippen LogP contribution in [0.2, 0.25) is 0 Å². The summed E-state index contributed by atoms with van der Waals surface area (Å²) in [5, 5.41) is 9.10. The molecule has 2 aliphatic heterocycles. The van der Waals surface area contributed by atoms with E-state index in [4.69, 9.17) is 37.3 Å². The molecule has 2 saturated heterocycles. The number of ether oxygens (including phenoxy) is 2. The van der Waals surface area contributed by atoms with Crippen LogP contribution < -0.4 is 9.80 Å². The van der Waals surface area contributed by atoms with E-state index in [0.29, 0.717) is 6.07 Å². The average Bonchev–Trinajstić information content (AvgIpc) is 3.48. The molecule has 0 bridgehead atoms. The third-order valence-electron chi connectivity index (χ3n) is 5.63. The molecule has 0 aliphatic carbocycles. The first-order valence-corrected chi connectivity index (χ1v) is 11.3. The van der Waals surface area contributed by atoms with Crippen molar-refractivity contribution in [3.8, 4) is 0 Å². The number of hydrogen-bond donors (Lipinski definition) is 1. The highest BCUT2D eigenvalue weighted by atomic mass is 19.4. The molecule has 2 amide bonds. The summed E-state index contributed by atoms with van der Waals surface area (Å²) >= 11 is 0. The van der Waals surface area contributed by atoms with Gasteiger partial charge in [0.1, 0.15) is 13.2 Å². The Labute approximate surface area is 233 Å². The zero-order chi connectivity index (χ0) is 31.8. The molecule has 2 fully saturated rings. The highest BCUT2D eigenvalue weighted by molar-refractivity contribution is 5.91. The standard InChI is InChI=1S/C12H9F3N2O3.C12H9F3N2O2.CO2/c1-16-10-3-2-7(4-9(10)12(13,14)15)17-8(5-18)6-20-11(17)19;1-7-6-19-11(18)17(7)8-3-4-10(16-2)9(5-8)12(13,14)15;2-1-3/h2-4,8,18H,5-6H2;3-5,7H,6H2,1H3;/t8-;7-;/m00./s1. The molecule has 1 N–H and O–H groups in total. The molecule has 0 spiro atoms. The second-order valence-corrected chi connectivity index (χ2v) is 8.28. The van der Waals surface area contributed by atoms with Gasteiger partial charge in [-0.3, -0.25) is 9.80 Å². The number of amides is 2. The second-order valence-electron chi connectivity index (χ2n) is 8.28. The smallest absolute Gasteiger partial charge is 0.414 e. The van der Waals surface area contributed by atoms with Gasteiger partial charge in [0.25, 0.3) is 0 Å². The molecule has 0 radical (unpaired) electrons. The lowest BCUT2D eigenvalue weighted by atomic mass is 10.1. The number of anilines is 2. The van der Waals surface area contributed by atoms with Gasteiger partial charge in [-0.25, -0.2) is 19.3 Å². The van der Waals surface area contributed by atoms with E-state index in [1.807, 2.05) is 0 Å². The zero-order valence-corrected chi connectivity index (χ0v) is 21.2. The van der Waals surface area contributed by atoms with E-state index in [1.54, 1.807) is 6.92 Å². The quantitative estimate of drug-likeness (QED) is 0.360. The van der Waals surface area contributed by atoms with E-state index in [9.17, 15) is 35.9 Å². The third kappa shape index (κ3) is 7.54. The van der Waals surface area contributed by atoms with Crippen LogP contribution in [0, 0.1) is 13.1 Å². The van der Waals surface area contributed by atoms with Crippen LogP contribution in [0.15, 0.2) is 36.4 Å². The lowest BCUT2D eigenvalue weighted by Gasteiger charge is -2.21. The molecule has 2 aliphatic rings. The van der Waals surface area contributed by atoms with Crippen LogP contribution in [0.4, 0.5) is 58.7 Å². The van der Waals surface area contributed by atoms with Gasteiger partial charge in [0, 0.05) is 11.4 Å². The van der Waals surface area contributed by atoms with E-state index < -0.39 is 59.7 Å². The molecule has 2 atom stereocenters. The summed E-state index contributed by atoms with van der Waals surface area (Å²) in [7, 11) is 0. The molecule has 2 aromatic rings. The van der Waals surface area contributed by atoms with Crippen LogP contribution in [0.3, 0.4) is 0 Å². The SMILES string of the molecule is O=C=O.[C-]#[N+]c1ccc(N2C(=O)OC[C@@H]2C)cc1C(F)(F)F.[C-]#[N+]c1ccc(N2C(=O)OC[C@@H]2CO)cc1C(F)(F)F. The number of rotatable bonds is 3. The number of benzene rings is 2. The number of halogens is 6. The van der Waals surface area contributed by atoms with Gasteiger partial charge < -0.3 is 14.6 Å². The fourth-order valence-electron chi connectivity index (χ4n) is 3.78. The molecule has 11 nitrogen and oxygen atoms in total. The van der Waals surface area contributed by atoms with Gasteiger partial charge in [-0.2, -0.15) is 35.9 Å². The van der Waals surface area contributed by atoms with Crippen LogP contribution in [0.25, 0.3) is 9.69 Å². The maximum Gasteiger partial charge on any atom is 0.414 e. The highest BCUT2D eigenvalue weighted by Gasteiger charge is 2.38. The van der Waals surface area contributed by atoms with Gasteiger partial charge in [0.05, 0.1) is 43.0 Å². The largest absolute Gasteiger partial charge is 0.447 e. The van der Waals surface area contributed by atoms with Crippen molar-refractivity contribution >= 4 is 41.1 Å². The minimum absolute atomic E-state index is 0.0636. The lowest BCUT2D eigenvalue weighted by molar-refractivity contribution is -0.191. The van der Waals surface area contributed by atoms with Crippen LogP contribution >= 0.6 is 0 Å². The van der Waals surface area contributed by atoms with Crippen molar-refractivity contribution in [3.63, 3.8) is 0 Å². The Morgan fingerprint density at radius 3 is 1.62 bits per heavy atom. The molecule has 42 heavy (non-hydrogen) atoms. The molecule has 0 saturated carbocycles. The minimum atomic E-state index is -4.70. The van der Waals surface area contributed by atoms with Gasteiger partial charge in [-0.05, 0) is 31.2 Å². The van der Waals surface area contributed by atoms with E-state index in [1.165, 1.54) is 12.1 Å². The van der Waals surface area contributed by atoms with Gasteiger partial charge in [-0.15, -0.1) is 0 Å². The summed E-state index contributed by atoms with van der Waals surface area (Å²) < 4.78 is 86.5. The van der Waals surface area contributed by atoms with E-state index in [0.717, 1.165) is 28.0 Å². The summed E-state index contributed by atoms with van der Waals surface area (Å²) in [5.41, 5.74) is -3.19. The van der Waals surface area contributed by atoms with Crippen molar-refractivity contribution in [3.05, 3.63) is 70.4 Å². The lowest BCUT2D eigenvalue weighted by Crippen LogP contribution is -2.36. The number of aliphatic hydroxyl groups excluding tert-OH is 1. The Balaban J connectivity index is 0.000000269. The Hall–Kier alpha value is -5.12. The molecule has 4 rings (SSSR count). The van der Waals surface area contributed by atoms with Gasteiger partial charge in [0.2, 0.25) is 0 Å². The number of cyclic esters (lactones) is 2. The predicted molar refractivity (Wildman–Crippen MR) is 128 cm³/mol. The van der Waals surface area contributed by atoms with Gasteiger partial charge >= 0.3 is 30.7 Å². The topological polar surface area (TPSA) is 122 Å². The average molecular weight is 600 g/mol. The summed E-state index contributed by atoms with van der Waals surface area (Å²) in [5.74, 6) is 0. The molecule has 2 heterocycles. The number of carbonyl (C=O) groups is 2. The van der Waals surface area contributed by atoms with E-state index >= 15 is 0 Å². The normalized spacial score (nSPS) is 17.9. The Morgan fingerprint density at radius 1 is 0.857 bits per heavy atom. The summed E-state index contributed by atoms with van der Waals surface area (Å²) in [6.07, 6.45) is -10.6. The number of aliphatic hydroxyl groups is 1. The van der Waals surface area contributed by atoms with E-state index in [-0.39, 0.29) is 36.8 Å². The number of alkyl halides is 6. The Bertz CT molecular complexity index is 1440. The van der Waals surface area contributed by atoms with Crippen molar-refractivity contribution in [1.29, 1.82) is 0 Å². The molecule has 17 heteroatoms.